The molecule has 18 heavy (non-hydrogen) atoms. The predicted octanol–water partition coefficient (Wildman–Crippen LogP) is 0.760. The second-order valence-corrected chi connectivity index (χ2v) is 4.70. The highest BCUT2D eigenvalue weighted by Crippen LogP contribution is 1.64. The van der Waals surface area contributed by atoms with Gasteiger partial charge in [0.1, 0.15) is 55.4 Å². The van der Waals surface area contributed by atoms with Crippen molar-refractivity contribution in [3.63, 3.8) is 0 Å². The SMILES string of the molecule is C=[N+](C)C.C=[N+](C)C.C=[N+](C)[B]N(C)C.CCC. The molecular formula is C13H35BN4+3. The van der Waals surface area contributed by atoms with Gasteiger partial charge in [-0.2, -0.15) is 0 Å². The fraction of sp³-hybridized carbons (Fsp3) is 0.769. The summed E-state index contributed by atoms with van der Waals surface area (Å²) in [6.45, 7) is 14.8. The van der Waals surface area contributed by atoms with Crippen LogP contribution in [0.3, 0.4) is 0 Å². The molecule has 0 aromatic heterocycles. The van der Waals surface area contributed by atoms with Crippen LogP contribution in [0.4, 0.5) is 0 Å². The molecule has 0 aliphatic rings. The van der Waals surface area contributed by atoms with E-state index in [9.17, 15) is 0 Å². The van der Waals surface area contributed by atoms with E-state index in [1.807, 2.05) is 61.7 Å². The van der Waals surface area contributed by atoms with Gasteiger partial charge in [0.05, 0.1) is 0 Å². The summed E-state index contributed by atoms with van der Waals surface area (Å²) in [6.07, 6.45) is 1.25. The molecule has 0 fully saturated rings. The van der Waals surface area contributed by atoms with Crippen LogP contribution in [-0.2, 0) is 0 Å². The summed E-state index contributed by atoms with van der Waals surface area (Å²) in [4.78, 5) is 1.94. The Morgan fingerprint density at radius 2 is 1.00 bits per heavy atom. The van der Waals surface area contributed by atoms with Crippen molar-refractivity contribution in [1.29, 1.82) is 0 Å². The summed E-state index contributed by atoms with van der Waals surface area (Å²) in [6, 6.07) is 0. The van der Waals surface area contributed by atoms with Crippen molar-refractivity contribution in [2.75, 3.05) is 49.3 Å². The third-order valence-corrected chi connectivity index (χ3v) is 0.428. The number of hydrogen-bond acceptors (Lipinski definition) is 1. The highest BCUT2D eigenvalue weighted by atomic mass is 15.1. The molecule has 0 unspecified atom stereocenters. The fourth-order valence-corrected chi connectivity index (χ4v) is 0.394. The molecule has 0 saturated heterocycles. The Labute approximate surface area is 116 Å². The molecule has 4 nitrogen and oxygen atoms in total. The Bertz CT molecular complexity index is 193. The monoisotopic (exact) mass is 258 g/mol. The molecule has 0 saturated carbocycles. The first-order chi connectivity index (χ1) is 8.00. The molecule has 0 rings (SSSR count). The molecular weight excluding hydrogens is 223 g/mol. The van der Waals surface area contributed by atoms with E-state index in [0.29, 0.717) is 0 Å². The highest BCUT2D eigenvalue weighted by molar-refractivity contribution is 6.21. The van der Waals surface area contributed by atoms with Gasteiger partial charge < -0.3 is 4.49 Å². The molecule has 0 aliphatic heterocycles. The van der Waals surface area contributed by atoms with Crippen LogP contribution in [0.1, 0.15) is 20.3 Å². The van der Waals surface area contributed by atoms with Crippen molar-refractivity contribution in [3.8, 4) is 0 Å². The molecule has 0 aromatic carbocycles. The second kappa shape index (κ2) is 21.3. The van der Waals surface area contributed by atoms with Crippen LogP contribution in [0.25, 0.3) is 0 Å². The van der Waals surface area contributed by atoms with Crippen molar-refractivity contribution in [2.24, 2.45) is 0 Å². The van der Waals surface area contributed by atoms with Crippen molar-refractivity contribution >= 4 is 27.7 Å². The highest BCUT2D eigenvalue weighted by Gasteiger charge is 2.03. The standard InChI is InChI=1S/C4H11BN2.2C3H8N.C3H8/c1-6(2)5-7(3)4;2*1-4(2)3;1-3-2/h1H2,2-4H3;2*1H2,2-3H3;3H2,1-2H3/q3*+1;. The predicted molar refractivity (Wildman–Crippen MR) is 87.2 cm³/mol. The zero-order valence-electron chi connectivity index (χ0n) is 14.2. The van der Waals surface area contributed by atoms with E-state index in [1.54, 1.807) is 13.6 Å². The Morgan fingerprint density at radius 1 is 0.833 bits per heavy atom. The van der Waals surface area contributed by atoms with Gasteiger partial charge in [0.2, 0.25) is 0 Å². The minimum Gasteiger partial charge on any atom is -0.314 e. The molecule has 5 heteroatoms. The molecule has 0 N–H and O–H groups in total. The normalized spacial score (nSPS) is 7.44. The van der Waals surface area contributed by atoms with E-state index in [0.717, 1.165) is 0 Å². The summed E-state index contributed by atoms with van der Waals surface area (Å²) >= 11 is 0. The van der Waals surface area contributed by atoms with E-state index in [-0.39, 0.29) is 0 Å². The number of nitrogens with zero attached hydrogens (tertiary/aromatic N) is 4. The van der Waals surface area contributed by atoms with Gasteiger partial charge in [-0.1, -0.05) is 20.3 Å². The molecule has 0 spiro atoms. The average Bonchev–Trinajstić information content (AvgIpc) is 1.98. The molecule has 107 valence electrons. The molecule has 0 aliphatic carbocycles. The lowest BCUT2D eigenvalue weighted by molar-refractivity contribution is -0.454. The van der Waals surface area contributed by atoms with Crippen LogP contribution in [-0.4, -0.2) is 95.5 Å². The fourth-order valence-electron chi connectivity index (χ4n) is 0.394. The van der Waals surface area contributed by atoms with Crippen LogP contribution < -0.4 is 0 Å². The number of hydrogen-bond donors (Lipinski definition) is 0. The Kier molecular flexibility index (Phi) is 30.6. The van der Waals surface area contributed by atoms with Crippen molar-refractivity contribution in [3.05, 3.63) is 0 Å². The molecule has 0 atom stereocenters. The Morgan fingerprint density at radius 3 is 1.00 bits per heavy atom. The van der Waals surface area contributed by atoms with Gasteiger partial charge in [-0.3, -0.25) is 4.81 Å². The third kappa shape index (κ3) is 322. The van der Waals surface area contributed by atoms with Crippen LogP contribution in [0.5, 0.6) is 0 Å². The Balaban J connectivity index is -0.0000000775. The maximum absolute atomic E-state index is 3.61. The molecule has 0 aromatic rings. The van der Waals surface area contributed by atoms with E-state index >= 15 is 0 Å². The topological polar surface area (TPSA) is 12.3 Å². The number of rotatable bonds is 2. The lowest BCUT2D eigenvalue weighted by atomic mass is 10.1. The summed E-state index contributed by atoms with van der Waals surface area (Å²) in [5, 5.41) is 0. The van der Waals surface area contributed by atoms with Crippen molar-refractivity contribution in [2.45, 2.75) is 20.3 Å². The molecule has 0 amide bonds. The van der Waals surface area contributed by atoms with Gasteiger partial charge in [0.25, 0.3) is 0 Å². The first-order valence-corrected chi connectivity index (χ1v) is 6.01. The molecule has 0 heterocycles. The summed E-state index contributed by atoms with van der Waals surface area (Å²) < 4.78 is 5.25. The van der Waals surface area contributed by atoms with Gasteiger partial charge in [0.15, 0.2) is 0 Å². The molecule has 0 bridgehead atoms. The van der Waals surface area contributed by atoms with Crippen LogP contribution in [0.2, 0.25) is 0 Å². The average molecular weight is 258 g/mol. The van der Waals surface area contributed by atoms with E-state index in [2.05, 4.69) is 34.0 Å². The zero-order valence-corrected chi connectivity index (χ0v) is 14.2. The zero-order chi connectivity index (χ0) is 15.7. The second-order valence-electron chi connectivity index (χ2n) is 4.70. The summed E-state index contributed by atoms with van der Waals surface area (Å²) in [5.41, 5.74) is 0. The van der Waals surface area contributed by atoms with Gasteiger partial charge >= 0.3 is 7.55 Å². The Hall–Kier alpha value is -0.965. The van der Waals surface area contributed by atoms with Gasteiger partial charge in [-0.15, -0.1) is 0 Å². The first-order valence-electron chi connectivity index (χ1n) is 6.01. The first kappa shape index (κ1) is 25.8. The maximum Gasteiger partial charge on any atom is 0.647 e. The van der Waals surface area contributed by atoms with Crippen molar-refractivity contribution < 1.29 is 13.6 Å². The summed E-state index contributed by atoms with van der Waals surface area (Å²) in [5.74, 6) is 0. The van der Waals surface area contributed by atoms with E-state index in [1.165, 1.54) is 6.42 Å². The van der Waals surface area contributed by atoms with Crippen LogP contribution in [0.15, 0.2) is 0 Å². The van der Waals surface area contributed by atoms with E-state index < -0.39 is 0 Å². The van der Waals surface area contributed by atoms with Gasteiger partial charge in [-0.25, -0.2) is 9.15 Å². The summed E-state index contributed by atoms with van der Waals surface area (Å²) in [7, 11) is 15.3. The minimum atomic E-state index is 1.25. The van der Waals surface area contributed by atoms with E-state index in [4.69, 9.17) is 0 Å². The molecule has 1 radical (unpaired) electrons. The quantitative estimate of drug-likeness (QED) is 0.405. The third-order valence-electron chi connectivity index (χ3n) is 0.428. The lowest BCUT2D eigenvalue weighted by Gasteiger charge is -1.96. The lowest BCUT2D eigenvalue weighted by Crippen LogP contribution is -2.26. The maximum atomic E-state index is 3.61. The van der Waals surface area contributed by atoms with Gasteiger partial charge in [0, 0.05) is 0 Å². The van der Waals surface area contributed by atoms with Crippen LogP contribution in [0, 0.1) is 0 Å². The van der Waals surface area contributed by atoms with Crippen LogP contribution >= 0.6 is 0 Å². The smallest absolute Gasteiger partial charge is 0.314 e. The van der Waals surface area contributed by atoms with Gasteiger partial charge in [-0.05, 0) is 14.1 Å². The largest absolute Gasteiger partial charge is 0.647 e. The minimum absolute atomic E-state index is 1.25. The van der Waals surface area contributed by atoms with Crippen molar-refractivity contribution in [1.82, 2.24) is 4.81 Å².